The van der Waals surface area contributed by atoms with Crippen molar-refractivity contribution >= 4 is 28.5 Å². The number of carbonyl (C=O) groups excluding carboxylic acids is 1. The molecule has 0 radical (unpaired) electrons. The molecule has 4 heterocycles. The molecule has 1 atom stereocenters. The second-order valence-corrected chi connectivity index (χ2v) is 8.72. The Bertz CT molecular complexity index is 1180. The van der Waals surface area contributed by atoms with Gasteiger partial charge in [0.1, 0.15) is 11.6 Å². The van der Waals surface area contributed by atoms with Gasteiger partial charge >= 0.3 is 6.09 Å². The van der Waals surface area contributed by atoms with Gasteiger partial charge in [-0.1, -0.05) is 6.07 Å². The summed E-state index contributed by atoms with van der Waals surface area (Å²) in [6.07, 6.45) is 1.45. The first-order valence-corrected chi connectivity index (χ1v) is 11.3. The number of fused-ring (bicyclic) bond motifs is 1. The van der Waals surface area contributed by atoms with Gasteiger partial charge in [0.05, 0.1) is 24.9 Å². The molecule has 172 valence electrons. The summed E-state index contributed by atoms with van der Waals surface area (Å²) in [4.78, 5) is 28.0. The van der Waals surface area contributed by atoms with Crippen molar-refractivity contribution in [2.24, 2.45) is 0 Å². The molecule has 2 aromatic heterocycles. The summed E-state index contributed by atoms with van der Waals surface area (Å²) in [6, 6.07) is 11.9. The minimum atomic E-state index is -0.259. The Kier molecular flexibility index (Phi) is 5.76. The molecule has 0 N–H and O–H groups in total. The number of benzene rings is 1. The van der Waals surface area contributed by atoms with E-state index in [1.54, 1.807) is 12.0 Å². The smallest absolute Gasteiger partial charge is 0.414 e. The van der Waals surface area contributed by atoms with Crippen LogP contribution in [0.2, 0.25) is 0 Å². The zero-order chi connectivity index (χ0) is 22.9. The van der Waals surface area contributed by atoms with Crippen LogP contribution in [0, 0.1) is 13.8 Å². The summed E-state index contributed by atoms with van der Waals surface area (Å²) < 4.78 is 11.0. The zero-order valence-electron chi connectivity index (χ0n) is 19.3. The monoisotopic (exact) mass is 447 g/mol. The lowest BCUT2D eigenvalue weighted by Crippen LogP contribution is -2.49. The maximum absolute atomic E-state index is 12.5. The normalized spacial score (nSPS) is 19.2. The summed E-state index contributed by atoms with van der Waals surface area (Å²) in [6.45, 7) is 9.00. The van der Waals surface area contributed by atoms with Gasteiger partial charge in [-0.3, -0.25) is 14.8 Å². The fourth-order valence-electron chi connectivity index (χ4n) is 4.54. The molecule has 0 aliphatic carbocycles. The van der Waals surface area contributed by atoms with Crippen LogP contribution in [0.5, 0.6) is 5.88 Å². The topological polar surface area (TPSA) is 71.0 Å². The number of piperazine rings is 1. The molecule has 8 nitrogen and oxygen atoms in total. The number of hydrogen-bond acceptors (Lipinski definition) is 7. The molecule has 0 saturated carbocycles. The molecule has 33 heavy (non-hydrogen) atoms. The molecule has 0 bridgehead atoms. The van der Waals surface area contributed by atoms with E-state index >= 15 is 0 Å². The molecular formula is C25H29N5O3. The number of rotatable bonds is 5. The number of cyclic esters (lactones) is 1. The number of nitrogens with zero attached hydrogens (tertiary/aromatic N) is 5. The van der Waals surface area contributed by atoms with Gasteiger partial charge in [0.25, 0.3) is 0 Å². The van der Waals surface area contributed by atoms with Gasteiger partial charge in [0.2, 0.25) is 5.88 Å². The van der Waals surface area contributed by atoms with Crippen LogP contribution in [-0.2, 0) is 4.74 Å². The van der Waals surface area contributed by atoms with Gasteiger partial charge in [-0.05, 0) is 49.2 Å². The maximum Gasteiger partial charge on any atom is 0.414 e. The molecule has 1 aromatic carbocycles. The highest BCUT2D eigenvalue weighted by atomic mass is 16.6. The molecule has 2 fully saturated rings. The largest absolute Gasteiger partial charge is 0.481 e. The van der Waals surface area contributed by atoms with Crippen LogP contribution in [0.3, 0.4) is 0 Å². The Morgan fingerprint density at radius 3 is 2.64 bits per heavy atom. The minimum Gasteiger partial charge on any atom is -0.481 e. The quantitative estimate of drug-likeness (QED) is 0.594. The molecule has 1 unspecified atom stereocenters. The van der Waals surface area contributed by atoms with Crippen molar-refractivity contribution in [2.45, 2.75) is 20.0 Å². The SMILES string of the molecule is COc1ccc2nccc(N3CCN(CC4CN(c5ccc(C)c(C)c5)C(=O)O4)CC3)c2n1. The third-order valence-corrected chi connectivity index (χ3v) is 6.60. The fraction of sp³-hybridized carbons (Fsp3) is 0.400. The number of anilines is 2. The van der Waals surface area contributed by atoms with Crippen LogP contribution in [0.4, 0.5) is 16.2 Å². The number of methoxy groups -OCH3 is 1. The van der Waals surface area contributed by atoms with E-state index in [1.807, 2.05) is 30.5 Å². The lowest BCUT2D eigenvalue weighted by atomic mass is 10.1. The molecule has 8 heteroatoms. The van der Waals surface area contributed by atoms with Gasteiger partial charge in [-0.15, -0.1) is 0 Å². The number of amides is 1. The lowest BCUT2D eigenvalue weighted by molar-refractivity contribution is 0.106. The van der Waals surface area contributed by atoms with Crippen molar-refractivity contribution in [3.63, 3.8) is 0 Å². The van der Waals surface area contributed by atoms with Crippen LogP contribution in [0.1, 0.15) is 11.1 Å². The van der Waals surface area contributed by atoms with E-state index in [9.17, 15) is 4.79 Å². The lowest BCUT2D eigenvalue weighted by Gasteiger charge is -2.36. The van der Waals surface area contributed by atoms with Crippen molar-refractivity contribution in [3.05, 3.63) is 53.7 Å². The van der Waals surface area contributed by atoms with Crippen molar-refractivity contribution in [3.8, 4) is 5.88 Å². The number of carbonyl (C=O) groups is 1. The Hall–Kier alpha value is -3.39. The zero-order valence-corrected chi connectivity index (χ0v) is 19.3. The summed E-state index contributed by atoms with van der Waals surface area (Å²) >= 11 is 0. The van der Waals surface area contributed by atoms with Crippen LogP contribution < -0.4 is 14.5 Å². The first-order valence-electron chi connectivity index (χ1n) is 11.3. The van der Waals surface area contributed by atoms with E-state index in [0.29, 0.717) is 12.4 Å². The third kappa shape index (κ3) is 4.30. The maximum atomic E-state index is 12.5. The summed E-state index contributed by atoms with van der Waals surface area (Å²) in [5.74, 6) is 0.590. The van der Waals surface area contributed by atoms with Crippen LogP contribution in [0.25, 0.3) is 11.0 Å². The summed E-state index contributed by atoms with van der Waals surface area (Å²) in [5.41, 5.74) is 6.10. The van der Waals surface area contributed by atoms with Gasteiger partial charge in [-0.2, -0.15) is 0 Å². The van der Waals surface area contributed by atoms with E-state index in [1.165, 1.54) is 11.1 Å². The van der Waals surface area contributed by atoms with E-state index in [2.05, 4.69) is 45.7 Å². The van der Waals surface area contributed by atoms with Crippen molar-refractivity contribution in [1.82, 2.24) is 14.9 Å². The predicted octanol–water partition coefficient (Wildman–Crippen LogP) is 3.40. The van der Waals surface area contributed by atoms with Gasteiger partial charge in [0.15, 0.2) is 0 Å². The highest BCUT2D eigenvalue weighted by Gasteiger charge is 2.34. The van der Waals surface area contributed by atoms with E-state index < -0.39 is 0 Å². The molecule has 1 amide bonds. The number of pyridine rings is 2. The minimum absolute atomic E-state index is 0.127. The fourth-order valence-corrected chi connectivity index (χ4v) is 4.54. The first-order chi connectivity index (χ1) is 16.0. The molecule has 2 aliphatic rings. The number of ether oxygens (including phenoxy) is 2. The molecule has 3 aromatic rings. The van der Waals surface area contributed by atoms with Crippen molar-refractivity contribution < 1.29 is 14.3 Å². The highest BCUT2D eigenvalue weighted by Crippen LogP contribution is 2.28. The van der Waals surface area contributed by atoms with Gasteiger partial charge < -0.3 is 14.4 Å². The Morgan fingerprint density at radius 1 is 1.06 bits per heavy atom. The van der Waals surface area contributed by atoms with Crippen LogP contribution in [-0.4, -0.2) is 73.4 Å². The molecule has 0 spiro atoms. The van der Waals surface area contributed by atoms with Gasteiger partial charge in [0, 0.05) is 50.7 Å². The van der Waals surface area contributed by atoms with E-state index in [0.717, 1.165) is 55.1 Å². The Balaban J connectivity index is 1.21. The summed E-state index contributed by atoms with van der Waals surface area (Å²) in [5, 5.41) is 0. The standard InChI is InChI=1S/C25H29N5O3/c1-17-4-5-19(14-18(17)2)30-16-20(33-25(30)31)15-28-10-12-29(13-11-28)22-8-9-26-21-6-7-23(32-3)27-24(21)22/h4-9,14,20H,10-13,15-16H2,1-3H3. The highest BCUT2D eigenvalue weighted by molar-refractivity contribution is 5.90. The van der Waals surface area contributed by atoms with Crippen LogP contribution in [0.15, 0.2) is 42.6 Å². The van der Waals surface area contributed by atoms with Gasteiger partial charge in [-0.25, -0.2) is 9.78 Å². The predicted molar refractivity (Wildman–Crippen MR) is 128 cm³/mol. The summed E-state index contributed by atoms with van der Waals surface area (Å²) in [7, 11) is 1.62. The molecule has 2 saturated heterocycles. The van der Waals surface area contributed by atoms with Crippen molar-refractivity contribution in [2.75, 3.05) is 56.2 Å². The van der Waals surface area contributed by atoms with E-state index in [4.69, 9.17) is 9.47 Å². The Labute approximate surface area is 193 Å². The van der Waals surface area contributed by atoms with Crippen molar-refractivity contribution in [1.29, 1.82) is 0 Å². The van der Waals surface area contributed by atoms with E-state index in [-0.39, 0.29) is 12.2 Å². The molecular weight excluding hydrogens is 418 g/mol. The number of aromatic nitrogens is 2. The first kappa shape index (κ1) is 21.5. The Morgan fingerprint density at radius 2 is 1.88 bits per heavy atom. The number of hydrogen-bond donors (Lipinski definition) is 0. The average Bonchev–Trinajstić information content (AvgIpc) is 3.20. The molecule has 2 aliphatic heterocycles. The second kappa shape index (κ2) is 8.86. The average molecular weight is 448 g/mol. The second-order valence-electron chi connectivity index (χ2n) is 8.72. The van der Waals surface area contributed by atoms with Crippen LogP contribution >= 0.6 is 0 Å². The number of aryl methyl sites for hydroxylation is 2. The third-order valence-electron chi connectivity index (χ3n) is 6.60. The molecule has 5 rings (SSSR count).